The Kier molecular flexibility index (Phi) is 5.58. The highest BCUT2D eigenvalue weighted by Gasteiger charge is 2.51. The fourth-order valence-corrected chi connectivity index (χ4v) is 3.11. The van der Waals surface area contributed by atoms with Crippen LogP contribution in [0.3, 0.4) is 0 Å². The molecule has 0 aliphatic carbocycles. The van der Waals surface area contributed by atoms with Crippen LogP contribution in [0.25, 0.3) is 0 Å². The molecule has 4 atom stereocenters. The molecule has 0 aromatic heterocycles. The Morgan fingerprint density at radius 3 is 2.61 bits per heavy atom. The fourth-order valence-electron chi connectivity index (χ4n) is 3.11. The van der Waals surface area contributed by atoms with E-state index in [1.807, 2.05) is 6.92 Å². The van der Waals surface area contributed by atoms with Crippen LogP contribution >= 0.6 is 0 Å². The van der Waals surface area contributed by atoms with Crippen molar-refractivity contribution in [1.29, 1.82) is 0 Å². The third kappa shape index (κ3) is 4.16. The summed E-state index contributed by atoms with van der Waals surface area (Å²) in [6.07, 6.45) is -5.77. The van der Waals surface area contributed by atoms with E-state index in [0.717, 1.165) is 0 Å². The third-order valence-electron chi connectivity index (χ3n) is 4.99. The van der Waals surface area contributed by atoms with E-state index in [9.17, 15) is 23.1 Å². The second kappa shape index (κ2) is 6.94. The van der Waals surface area contributed by atoms with Crippen molar-refractivity contribution < 1.29 is 32.5 Å². The van der Waals surface area contributed by atoms with Gasteiger partial charge in [0.05, 0.1) is 32.5 Å². The topological polar surface area (TPSA) is 59.0 Å². The number of hydrogen-bond acceptors (Lipinski definition) is 4. The normalized spacial score (nSPS) is 33.7. The first-order chi connectivity index (χ1) is 10.7. The number of carbonyl (C=O) groups is 1. The van der Waals surface area contributed by atoms with E-state index in [2.05, 4.69) is 0 Å². The molecule has 0 radical (unpaired) electrons. The summed E-state index contributed by atoms with van der Waals surface area (Å²) in [5, 5.41) is 9.46. The van der Waals surface area contributed by atoms with E-state index in [0.29, 0.717) is 6.61 Å². The molecule has 1 amide bonds. The van der Waals surface area contributed by atoms with Crippen molar-refractivity contribution in [3.8, 4) is 0 Å². The van der Waals surface area contributed by atoms with Crippen LogP contribution in [0.15, 0.2) is 0 Å². The number of amides is 1. The summed E-state index contributed by atoms with van der Waals surface area (Å²) >= 11 is 0. The Morgan fingerprint density at radius 2 is 2.13 bits per heavy atom. The number of halogens is 3. The van der Waals surface area contributed by atoms with Crippen molar-refractivity contribution in [2.24, 2.45) is 17.3 Å². The average molecular weight is 339 g/mol. The first kappa shape index (κ1) is 18.5. The second-order valence-corrected chi connectivity index (χ2v) is 6.83. The molecule has 8 heteroatoms. The van der Waals surface area contributed by atoms with Crippen LogP contribution in [0.5, 0.6) is 0 Å². The molecule has 23 heavy (non-hydrogen) atoms. The van der Waals surface area contributed by atoms with E-state index >= 15 is 0 Å². The standard InChI is InChI=1S/C15H24F3NO4/c1-10-6-19(8-14(10,2)9-20)13(21)12(15(16,17)18)5-11-7-22-3-4-23-11/h10-12,20H,3-9H2,1-2H3. The van der Waals surface area contributed by atoms with Crippen molar-refractivity contribution >= 4 is 5.91 Å². The molecule has 134 valence electrons. The van der Waals surface area contributed by atoms with E-state index in [-0.39, 0.29) is 38.8 Å². The predicted octanol–water partition coefficient (Wildman–Crippen LogP) is 1.45. The van der Waals surface area contributed by atoms with Gasteiger partial charge in [-0.3, -0.25) is 4.79 Å². The number of alkyl halides is 3. The number of carbonyl (C=O) groups excluding carboxylic acids is 1. The van der Waals surface area contributed by atoms with Gasteiger partial charge >= 0.3 is 6.18 Å². The maximum Gasteiger partial charge on any atom is 0.400 e. The Bertz CT molecular complexity index is 425. The first-order valence-corrected chi connectivity index (χ1v) is 7.83. The van der Waals surface area contributed by atoms with Gasteiger partial charge in [0.2, 0.25) is 5.91 Å². The van der Waals surface area contributed by atoms with Crippen molar-refractivity contribution in [3.05, 3.63) is 0 Å². The SMILES string of the molecule is CC1CN(C(=O)C(CC2COCCO2)C(F)(F)F)CC1(C)CO. The number of rotatable bonds is 4. The number of hydrogen-bond donors (Lipinski definition) is 1. The van der Waals surface area contributed by atoms with Crippen LogP contribution in [0.1, 0.15) is 20.3 Å². The second-order valence-electron chi connectivity index (χ2n) is 6.83. The molecule has 0 aromatic rings. The molecule has 2 fully saturated rings. The molecular formula is C15H24F3NO4. The molecule has 2 saturated heterocycles. The predicted molar refractivity (Wildman–Crippen MR) is 75.7 cm³/mol. The van der Waals surface area contributed by atoms with Crippen molar-refractivity contribution in [3.63, 3.8) is 0 Å². The van der Waals surface area contributed by atoms with Gasteiger partial charge in [-0.05, 0) is 12.3 Å². The van der Waals surface area contributed by atoms with Gasteiger partial charge in [-0.15, -0.1) is 0 Å². The molecule has 0 saturated carbocycles. The van der Waals surface area contributed by atoms with Gasteiger partial charge in [-0.25, -0.2) is 0 Å². The van der Waals surface area contributed by atoms with Crippen LogP contribution in [0.4, 0.5) is 13.2 Å². The highest BCUT2D eigenvalue weighted by molar-refractivity contribution is 5.80. The molecule has 4 unspecified atom stereocenters. The molecule has 0 aromatic carbocycles. The Morgan fingerprint density at radius 1 is 1.43 bits per heavy atom. The summed E-state index contributed by atoms with van der Waals surface area (Å²) in [5.41, 5.74) is -0.559. The van der Waals surface area contributed by atoms with Gasteiger partial charge in [0.25, 0.3) is 0 Å². The smallest absolute Gasteiger partial charge is 0.396 e. The van der Waals surface area contributed by atoms with Gasteiger partial charge in [0.1, 0.15) is 5.92 Å². The highest BCUT2D eigenvalue weighted by Crippen LogP contribution is 2.39. The molecule has 2 heterocycles. The molecule has 0 bridgehead atoms. The number of aliphatic hydroxyl groups is 1. The lowest BCUT2D eigenvalue weighted by molar-refractivity contribution is -0.200. The van der Waals surface area contributed by atoms with Gasteiger partial charge in [0.15, 0.2) is 0 Å². The zero-order valence-corrected chi connectivity index (χ0v) is 13.4. The first-order valence-electron chi connectivity index (χ1n) is 7.83. The summed E-state index contributed by atoms with van der Waals surface area (Å²) < 4.78 is 50.5. The van der Waals surface area contributed by atoms with Crippen molar-refractivity contribution in [2.45, 2.75) is 32.5 Å². The maximum absolute atomic E-state index is 13.4. The maximum atomic E-state index is 13.4. The summed E-state index contributed by atoms with van der Waals surface area (Å²) in [6, 6.07) is 0. The number of likely N-dealkylation sites (tertiary alicyclic amines) is 1. The zero-order valence-electron chi connectivity index (χ0n) is 13.4. The van der Waals surface area contributed by atoms with Crippen LogP contribution < -0.4 is 0 Å². The number of nitrogens with zero attached hydrogens (tertiary/aromatic N) is 1. The summed E-state index contributed by atoms with van der Waals surface area (Å²) in [4.78, 5) is 13.7. The lowest BCUT2D eigenvalue weighted by Gasteiger charge is -2.30. The minimum Gasteiger partial charge on any atom is -0.396 e. The molecule has 5 nitrogen and oxygen atoms in total. The number of ether oxygens (including phenoxy) is 2. The van der Waals surface area contributed by atoms with Gasteiger partial charge < -0.3 is 19.5 Å². The van der Waals surface area contributed by atoms with E-state index in [4.69, 9.17) is 9.47 Å². The Labute approximate surface area is 133 Å². The molecule has 2 rings (SSSR count). The summed E-state index contributed by atoms with van der Waals surface area (Å²) in [7, 11) is 0. The largest absolute Gasteiger partial charge is 0.400 e. The molecule has 2 aliphatic rings. The lowest BCUT2D eigenvalue weighted by atomic mass is 9.82. The van der Waals surface area contributed by atoms with E-state index < -0.39 is 35.9 Å². The summed E-state index contributed by atoms with van der Waals surface area (Å²) in [5.74, 6) is -3.09. The summed E-state index contributed by atoms with van der Waals surface area (Å²) in [6.45, 7) is 4.50. The molecule has 2 aliphatic heterocycles. The Hall–Kier alpha value is -0.860. The minimum atomic E-state index is -4.63. The van der Waals surface area contributed by atoms with Crippen LogP contribution in [-0.2, 0) is 14.3 Å². The molecular weight excluding hydrogens is 315 g/mol. The highest BCUT2D eigenvalue weighted by atomic mass is 19.4. The van der Waals surface area contributed by atoms with Gasteiger partial charge in [-0.1, -0.05) is 13.8 Å². The Balaban J connectivity index is 2.08. The quantitative estimate of drug-likeness (QED) is 0.842. The van der Waals surface area contributed by atoms with Crippen LogP contribution in [0, 0.1) is 17.3 Å². The zero-order chi connectivity index (χ0) is 17.3. The van der Waals surface area contributed by atoms with Gasteiger partial charge in [-0.2, -0.15) is 13.2 Å². The number of aliphatic hydroxyl groups excluding tert-OH is 1. The van der Waals surface area contributed by atoms with E-state index in [1.165, 1.54) is 4.90 Å². The van der Waals surface area contributed by atoms with E-state index in [1.54, 1.807) is 6.92 Å². The molecule has 1 N–H and O–H groups in total. The van der Waals surface area contributed by atoms with Crippen LogP contribution in [-0.4, -0.2) is 67.7 Å². The average Bonchev–Trinajstić information content (AvgIpc) is 2.80. The lowest BCUT2D eigenvalue weighted by Crippen LogP contribution is -2.45. The molecule has 0 spiro atoms. The monoisotopic (exact) mass is 339 g/mol. The van der Waals surface area contributed by atoms with Crippen molar-refractivity contribution in [2.75, 3.05) is 39.5 Å². The third-order valence-corrected chi connectivity index (χ3v) is 4.99. The van der Waals surface area contributed by atoms with Gasteiger partial charge in [0, 0.05) is 18.5 Å². The fraction of sp³-hybridized carbons (Fsp3) is 0.933. The van der Waals surface area contributed by atoms with Crippen LogP contribution in [0.2, 0.25) is 0 Å². The van der Waals surface area contributed by atoms with Crippen molar-refractivity contribution in [1.82, 2.24) is 4.90 Å². The minimum absolute atomic E-state index is 0.0559.